The van der Waals surface area contributed by atoms with Crippen LogP contribution in [0.2, 0.25) is 0 Å². The van der Waals surface area contributed by atoms with Crippen LogP contribution < -0.4 is 0 Å². The van der Waals surface area contributed by atoms with Gasteiger partial charge in [-0.1, -0.05) is 43.2 Å². The second kappa shape index (κ2) is 7.38. The van der Waals surface area contributed by atoms with E-state index in [1.165, 1.54) is 11.1 Å². The highest BCUT2D eigenvalue weighted by Crippen LogP contribution is 2.13. The summed E-state index contributed by atoms with van der Waals surface area (Å²) in [4.78, 5) is 2.33. The van der Waals surface area contributed by atoms with Crippen LogP contribution >= 0.6 is 0 Å². The summed E-state index contributed by atoms with van der Waals surface area (Å²) in [6.45, 7) is 7.90. The fourth-order valence-electron chi connectivity index (χ4n) is 2.57. The van der Waals surface area contributed by atoms with Crippen molar-refractivity contribution in [1.29, 1.82) is 0 Å². The minimum Gasteiger partial charge on any atom is -0.296 e. The second-order valence-corrected chi connectivity index (χ2v) is 7.92. The van der Waals surface area contributed by atoms with Gasteiger partial charge in [-0.3, -0.25) is 4.90 Å². The Bertz CT molecular complexity index is 532. The van der Waals surface area contributed by atoms with E-state index in [1.807, 2.05) is 6.92 Å². The summed E-state index contributed by atoms with van der Waals surface area (Å²) in [5.41, 5.74) is 2.56. The molecule has 1 aliphatic rings. The summed E-state index contributed by atoms with van der Waals surface area (Å²) in [7, 11) is -3.04. The summed E-state index contributed by atoms with van der Waals surface area (Å²) in [5.74, 6) is 0.293. The molecule has 5 heteroatoms. The number of sulfonamides is 1. The number of nitrogens with zero attached hydrogens (tertiary/aromatic N) is 2. The molecule has 0 N–H and O–H groups in total. The maximum Gasteiger partial charge on any atom is 0.214 e. The van der Waals surface area contributed by atoms with Gasteiger partial charge in [0.15, 0.2) is 0 Å². The SMILES string of the molecule is CCCCS(=O)(=O)N1CCN(Cc2ccc(C)cc2)CC1. The van der Waals surface area contributed by atoms with E-state index < -0.39 is 10.0 Å². The van der Waals surface area contributed by atoms with Gasteiger partial charge in [0.2, 0.25) is 10.0 Å². The molecule has 21 heavy (non-hydrogen) atoms. The molecule has 1 saturated heterocycles. The Labute approximate surface area is 128 Å². The Kier molecular flexibility index (Phi) is 5.79. The zero-order chi connectivity index (χ0) is 15.3. The first-order chi connectivity index (χ1) is 10.0. The number of benzene rings is 1. The predicted octanol–water partition coefficient (Wildman–Crippen LogP) is 2.24. The third kappa shape index (κ3) is 4.80. The van der Waals surface area contributed by atoms with Gasteiger partial charge in [0.1, 0.15) is 0 Å². The summed E-state index contributed by atoms with van der Waals surface area (Å²) >= 11 is 0. The van der Waals surface area contributed by atoms with E-state index in [2.05, 4.69) is 36.1 Å². The predicted molar refractivity (Wildman–Crippen MR) is 86.7 cm³/mol. The fourth-order valence-corrected chi connectivity index (χ4v) is 4.20. The van der Waals surface area contributed by atoms with Crippen molar-refractivity contribution in [3.05, 3.63) is 35.4 Å². The van der Waals surface area contributed by atoms with Crippen LogP contribution in [0.4, 0.5) is 0 Å². The molecule has 1 fully saturated rings. The fraction of sp³-hybridized carbons (Fsp3) is 0.625. The Morgan fingerprint density at radius 1 is 1.05 bits per heavy atom. The summed E-state index contributed by atoms with van der Waals surface area (Å²) in [6.07, 6.45) is 1.68. The molecular formula is C16H26N2O2S. The van der Waals surface area contributed by atoms with Gasteiger partial charge in [0.25, 0.3) is 0 Å². The molecule has 0 aliphatic carbocycles. The van der Waals surface area contributed by atoms with Crippen molar-refractivity contribution in [1.82, 2.24) is 9.21 Å². The monoisotopic (exact) mass is 310 g/mol. The Balaban J connectivity index is 1.84. The summed E-state index contributed by atoms with van der Waals surface area (Å²) in [6, 6.07) is 8.56. The number of piperazine rings is 1. The van der Waals surface area contributed by atoms with Crippen LogP contribution in [-0.2, 0) is 16.6 Å². The van der Waals surface area contributed by atoms with Crippen molar-refractivity contribution < 1.29 is 8.42 Å². The number of rotatable bonds is 6. The van der Waals surface area contributed by atoms with E-state index in [1.54, 1.807) is 4.31 Å². The molecule has 0 aromatic heterocycles. The van der Waals surface area contributed by atoms with Crippen LogP contribution in [0.15, 0.2) is 24.3 Å². The van der Waals surface area contributed by atoms with Crippen molar-refractivity contribution in [3.63, 3.8) is 0 Å². The molecule has 0 spiro atoms. The number of aryl methyl sites for hydroxylation is 1. The molecule has 1 aliphatic heterocycles. The van der Waals surface area contributed by atoms with E-state index in [0.717, 1.165) is 32.5 Å². The standard InChI is InChI=1S/C16H26N2O2S/c1-3-4-13-21(19,20)18-11-9-17(10-12-18)14-16-7-5-15(2)6-8-16/h5-8H,3-4,9-14H2,1-2H3. The van der Waals surface area contributed by atoms with E-state index in [9.17, 15) is 8.42 Å². The maximum absolute atomic E-state index is 12.2. The van der Waals surface area contributed by atoms with Gasteiger partial charge in [-0.25, -0.2) is 8.42 Å². The average molecular weight is 310 g/mol. The molecule has 0 amide bonds. The smallest absolute Gasteiger partial charge is 0.214 e. The lowest BCUT2D eigenvalue weighted by atomic mass is 10.1. The van der Waals surface area contributed by atoms with E-state index >= 15 is 0 Å². The molecule has 118 valence electrons. The molecule has 0 radical (unpaired) electrons. The molecule has 1 aromatic rings. The average Bonchev–Trinajstić information content (AvgIpc) is 2.48. The van der Waals surface area contributed by atoms with Gasteiger partial charge in [0.05, 0.1) is 5.75 Å². The molecular weight excluding hydrogens is 284 g/mol. The van der Waals surface area contributed by atoms with Gasteiger partial charge < -0.3 is 0 Å². The van der Waals surface area contributed by atoms with Crippen LogP contribution in [0, 0.1) is 6.92 Å². The minimum absolute atomic E-state index is 0.293. The zero-order valence-electron chi connectivity index (χ0n) is 13.1. The Morgan fingerprint density at radius 3 is 2.24 bits per heavy atom. The Morgan fingerprint density at radius 2 is 1.67 bits per heavy atom. The topological polar surface area (TPSA) is 40.6 Å². The first kappa shape index (κ1) is 16.5. The summed E-state index contributed by atoms with van der Waals surface area (Å²) in [5, 5.41) is 0. The third-order valence-electron chi connectivity index (χ3n) is 4.01. The quantitative estimate of drug-likeness (QED) is 0.809. The van der Waals surface area contributed by atoms with Crippen molar-refractivity contribution in [2.45, 2.75) is 33.2 Å². The molecule has 1 heterocycles. The first-order valence-corrected chi connectivity index (χ1v) is 9.38. The molecule has 1 aromatic carbocycles. The Hall–Kier alpha value is -0.910. The van der Waals surface area contributed by atoms with Gasteiger partial charge in [-0.15, -0.1) is 0 Å². The lowest BCUT2D eigenvalue weighted by Crippen LogP contribution is -2.48. The molecule has 2 rings (SSSR count). The zero-order valence-corrected chi connectivity index (χ0v) is 13.9. The maximum atomic E-state index is 12.2. The highest BCUT2D eigenvalue weighted by atomic mass is 32.2. The van der Waals surface area contributed by atoms with Crippen molar-refractivity contribution in [2.75, 3.05) is 31.9 Å². The van der Waals surface area contributed by atoms with E-state index in [-0.39, 0.29) is 0 Å². The van der Waals surface area contributed by atoms with Gasteiger partial charge in [-0.05, 0) is 18.9 Å². The van der Waals surface area contributed by atoms with Gasteiger partial charge in [0, 0.05) is 32.7 Å². The van der Waals surface area contributed by atoms with Crippen molar-refractivity contribution in [3.8, 4) is 0 Å². The van der Waals surface area contributed by atoms with Gasteiger partial charge >= 0.3 is 0 Å². The van der Waals surface area contributed by atoms with E-state index in [0.29, 0.717) is 18.8 Å². The normalized spacial score (nSPS) is 18.0. The summed E-state index contributed by atoms with van der Waals surface area (Å²) < 4.78 is 26.0. The van der Waals surface area contributed by atoms with Crippen LogP contribution in [-0.4, -0.2) is 49.6 Å². The third-order valence-corrected chi connectivity index (χ3v) is 5.96. The van der Waals surface area contributed by atoms with Crippen molar-refractivity contribution in [2.24, 2.45) is 0 Å². The lowest BCUT2D eigenvalue weighted by molar-refractivity contribution is 0.181. The van der Waals surface area contributed by atoms with Crippen LogP contribution in [0.3, 0.4) is 0 Å². The minimum atomic E-state index is -3.04. The second-order valence-electron chi connectivity index (χ2n) is 5.83. The van der Waals surface area contributed by atoms with Crippen LogP contribution in [0.1, 0.15) is 30.9 Å². The first-order valence-electron chi connectivity index (χ1n) is 7.77. The molecule has 0 unspecified atom stereocenters. The van der Waals surface area contributed by atoms with Crippen LogP contribution in [0.5, 0.6) is 0 Å². The number of hydrogen-bond acceptors (Lipinski definition) is 3. The lowest BCUT2D eigenvalue weighted by Gasteiger charge is -2.34. The number of hydrogen-bond donors (Lipinski definition) is 0. The largest absolute Gasteiger partial charge is 0.296 e. The molecule has 4 nitrogen and oxygen atoms in total. The number of unbranched alkanes of at least 4 members (excludes halogenated alkanes) is 1. The van der Waals surface area contributed by atoms with Crippen molar-refractivity contribution >= 4 is 10.0 Å². The van der Waals surface area contributed by atoms with Crippen LogP contribution in [0.25, 0.3) is 0 Å². The molecule has 0 atom stereocenters. The molecule has 0 saturated carbocycles. The van der Waals surface area contributed by atoms with Gasteiger partial charge in [-0.2, -0.15) is 4.31 Å². The molecule has 0 bridgehead atoms. The highest BCUT2D eigenvalue weighted by Gasteiger charge is 2.26. The highest BCUT2D eigenvalue weighted by molar-refractivity contribution is 7.89. The van der Waals surface area contributed by atoms with E-state index in [4.69, 9.17) is 0 Å².